The summed E-state index contributed by atoms with van der Waals surface area (Å²) in [5.41, 5.74) is -2.19. The zero-order valence-corrected chi connectivity index (χ0v) is 17.0. The van der Waals surface area contributed by atoms with Crippen LogP contribution in [0.1, 0.15) is 32.6 Å². The van der Waals surface area contributed by atoms with E-state index in [0.29, 0.717) is 11.4 Å². The lowest BCUT2D eigenvalue weighted by molar-refractivity contribution is -0.139. The molecule has 0 aromatic heterocycles. The van der Waals surface area contributed by atoms with E-state index in [2.05, 4.69) is 5.32 Å². The Morgan fingerprint density at radius 2 is 1.76 bits per heavy atom. The van der Waals surface area contributed by atoms with Crippen LogP contribution in [-0.4, -0.2) is 28.4 Å². The van der Waals surface area contributed by atoms with Crippen molar-refractivity contribution in [3.63, 3.8) is 0 Å². The largest absolute Gasteiger partial charge is 0.482 e. The highest BCUT2D eigenvalue weighted by molar-refractivity contribution is 6.00. The summed E-state index contributed by atoms with van der Waals surface area (Å²) < 4.78 is 46.2. The van der Waals surface area contributed by atoms with Crippen LogP contribution < -0.4 is 10.1 Å². The number of benzene rings is 3. The maximum Gasteiger partial charge on any atom is 0.416 e. The van der Waals surface area contributed by atoms with E-state index in [0.717, 1.165) is 11.0 Å². The maximum absolute atomic E-state index is 13.6. The second-order valence-corrected chi connectivity index (χ2v) is 7.81. The molecule has 0 saturated carbocycles. The van der Waals surface area contributed by atoms with Crippen molar-refractivity contribution in [1.82, 2.24) is 4.90 Å². The van der Waals surface area contributed by atoms with E-state index >= 15 is 0 Å². The van der Waals surface area contributed by atoms with Crippen LogP contribution in [0, 0.1) is 0 Å². The molecule has 0 spiro atoms. The standard InChI is InChI=1S/C24H17F3N2O4/c25-24(26,27)17-7-3-1-5-14(17)12-29-22(31)16-6-2-4-8-18(16)23(29,32)15-9-10-20-19(11-15)28-21(30)13-33-20/h1-11,32H,12-13H2,(H,28,30). The zero-order chi connectivity index (χ0) is 23.4. The minimum Gasteiger partial charge on any atom is -0.482 e. The Kier molecular flexibility index (Phi) is 4.68. The van der Waals surface area contributed by atoms with Crippen molar-refractivity contribution in [2.45, 2.75) is 18.4 Å². The number of carbonyl (C=O) groups excluding carboxylic acids is 2. The Morgan fingerprint density at radius 3 is 2.55 bits per heavy atom. The Morgan fingerprint density at radius 1 is 1.03 bits per heavy atom. The molecule has 2 aliphatic heterocycles. The fourth-order valence-electron chi connectivity index (χ4n) is 4.31. The number of amides is 2. The number of hydrogen-bond donors (Lipinski definition) is 2. The molecule has 2 N–H and O–H groups in total. The van der Waals surface area contributed by atoms with Crippen LogP contribution in [-0.2, 0) is 23.2 Å². The van der Waals surface area contributed by atoms with Gasteiger partial charge in [-0.15, -0.1) is 0 Å². The molecule has 33 heavy (non-hydrogen) atoms. The van der Waals surface area contributed by atoms with Crippen LogP contribution in [0.4, 0.5) is 18.9 Å². The molecule has 0 bridgehead atoms. The molecule has 2 amide bonds. The minimum atomic E-state index is -4.63. The van der Waals surface area contributed by atoms with Gasteiger partial charge in [-0.05, 0) is 29.8 Å². The van der Waals surface area contributed by atoms with Gasteiger partial charge >= 0.3 is 6.18 Å². The number of alkyl halides is 3. The molecule has 5 rings (SSSR count). The first-order valence-corrected chi connectivity index (χ1v) is 10.1. The molecule has 0 saturated heterocycles. The summed E-state index contributed by atoms with van der Waals surface area (Å²) in [6.45, 7) is -0.641. The van der Waals surface area contributed by atoms with Crippen LogP contribution in [0.2, 0.25) is 0 Å². The highest BCUT2D eigenvalue weighted by atomic mass is 19.4. The first kappa shape index (κ1) is 21.0. The summed E-state index contributed by atoms with van der Waals surface area (Å²) in [7, 11) is 0. The zero-order valence-electron chi connectivity index (χ0n) is 17.0. The van der Waals surface area contributed by atoms with E-state index in [1.54, 1.807) is 18.2 Å². The number of carbonyl (C=O) groups is 2. The Labute approximate surface area is 186 Å². The van der Waals surface area contributed by atoms with Crippen molar-refractivity contribution < 1.29 is 32.6 Å². The van der Waals surface area contributed by atoms with Gasteiger partial charge in [0.1, 0.15) is 5.75 Å². The number of ether oxygens (including phenoxy) is 1. The summed E-state index contributed by atoms with van der Waals surface area (Å²) in [5, 5.41) is 14.6. The van der Waals surface area contributed by atoms with E-state index in [-0.39, 0.29) is 34.8 Å². The first-order chi connectivity index (χ1) is 15.7. The number of rotatable bonds is 3. The molecule has 9 heteroatoms. The van der Waals surface area contributed by atoms with Crippen molar-refractivity contribution >= 4 is 17.5 Å². The number of nitrogens with zero attached hydrogens (tertiary/aromatic N) is 1. The number of halogens is 3. The van der Waals surface area contributed by atoms with Gasteiger partial charge in [-0.1, -0.05) is 42.5 Å². The van der Waals surface area contributed by atoms with Gasteiger partial charge in [-0.25, -0.2) is 0 Å². The van der Waals surface area contributed by atoms with Gasteiger partial charge in [0.15, 0.2) is 12.3 Å². The monoisotopic (exact) mass is 454 g/mol. The van der Waals surface area contributed by atoms with Gasteiger partial charge in [0.25, 0.3) is 11.8 Å². The molecular weight excluding hydrogens is 437 g/mol. The molecule has 2 heterocycles. The molecule has 3 aromatic carbocycles. The van der Waals surface area contributed by atoms with Gasteiger partial charge in [0.2, 0.25) is 0 Å². The average Bonchev–Trinajstić information content (AvgIpc) is 3.01. The summed E-state index contributed by atoms with van der Waals surface area (Å²) in [4.78, 5) is 26.0. The fraction of sp³-hybridized carbons (Fsp3) is 0.167. The number of anilines is 1. The predicted octanol–water partition coefficient (Wildman–Crippen LogP) is 3.89. The Balaban J connectivity index is 1.65. The smallest absolute Gasteiger partial charge is 0.416 e. The number of fused-ring (bicyclic) bond motifs is 2. The van der Waals surface area contributed by atoms with Crippen LogP contribution in [0.25, 0.3) is 0 Å². The van der Waals surface area contributed by atoms with E-state index < -0.39 is 29.9 Å². The lowest BCUT2D eigenvalue weighted by atomic mass is 9.92. The maximum atomic E-state index is 13.6. The third-order valence-corrected chi connectivity index (χ3v) is 5.84. The van der Waals surface area contributed by atoms with Crippen molar-refractivity contribution in [2.75, 3.05) is 11.9 Å². The van der Waals surface area contributed by atoms with Gasteiger partial charge in [0.05, 0.1) is 17.8 Å². The summed E-state index contributed by atoms with van der Waals surface area (Å²) in [5.74, 6) is -0.609. The summed E-state index contributed by atoms with van der Waals surface area (Å²) >= 11 is 0. The number of hydrogen-bond acceptors (Lipinski definition) is 4. The third kappa shape index (κ3) is 3.32. The van der Waals surface area contributed by atoms with E-state index in [1.807, 2.05) is 0 Å². The van der Waals surface area contributed by atoms with E-state index in [4.69, 9.17) is 4.74 Å². The van der Waals surface area contributed by atoms with Gasteiger partial charge in [-0.3, -0.25) is 14.5 Å². The van der Waals surface area contributed by atoms with Crippen LogP contribution in [0.15, 0.2) is 66.7 Å². The third-order valence-electron chi connectivity index (χ3n) is 5.84. The first-order valence-electron chi connectivity index (χ1n) is 10.1. The molecule has 168 valence electrons. The van der Waals surface area contributed by atoms with E-state index in [1.165, 1.54) is 42.5 Å². The number of aliphatic hydroxyl groups is 1. The van der Waals surface area contributed by atoms with Gasteiger partial charge in [-0.2, -0.15) is 13.2 Å². The highest BCUT2D eigenvalue weighted by Crippen LogP contribution is 2.45. The lowest BCUT2D eigenvalue weighted by Gasteiger charge is -2.36. The summed E-state index contributed by atoms with van der Waals surface area (Å²) in [6, 6.07) is 15.8. The predicted molar refractivity (Wildman–Crippen MR) is 111 cm³/mol. The second kappa shape index (κ2) is 7.35. The molecule has 6 nitrogen and oxygen atoms in total. The molecular formula is C24H17F3N2O4. The average molecular weight is 454 g/mol. The summed E-state index contributed by atoms with van der Waals surface area (Å²) in [6.07, 6.45) is -4.63. The molecule has 0 fully saturated rings. The molecule has 2 aliphatic rings. The lowest BCUT2D eigenvalue weighted by Crippen LogP contribution is -2.44. The second-order valence-electron chi connectivity index (χ2n) is 7.81. The fourth-order valence-corrected chi connectivity index (χ4v) is 4.31. The molecule has 1 unspecified atom stereocenters. The number of nitrogens with one attached hydrogen (secondary N) is 1. The van der Waals surface area contributed by atoms with Gasteiger partial charge < -0.3 is 15.2 Å². The van der Waals surface area contributed by atoms with Crippen molar-refractivity contribution in [3.05, 3.63) is 94.5 Å². The molecule has 3 aromatic rings. The Bertz CT molecular complexity index is 1290. The minimum absolute atomic E-state index is 0.154. The van der Waals surface area contributed by atoms with Gasteiger partial charge in [0, 0.05) is 16.7 Å². The van der Waals surface area contributed by atoms with Crippen LogP contribution in [0.3, 0.4) is 0 Å². The van der Waals surface area contributed by atoms with Crippen molar-refractivity contribution in [3.8, 4) is 5.75 Å². The van der Waals surface area contributed by atoms with Crippen molar-refractivity contribution in [1.29, 1.82) is 0 Å². The molecule has 0 radical (unpaired) electrons. The van der Waals surface area contributed by atoms with Crippen LogP contribution in [0.5, 0.6) is 5.75 Å². The Hall–Kier alpha value is -3.85. The normalized spacial score (nSPS) is 19.6. The highest BCUT2D eigenvalue weighted by Gasteiger charge is 2.50. The van der Waals surface area contributed by atoms with Crippen molar-refractivity contribution in [2.24, 2.45) is 0 Å². The topological polar surface area (TPSA) is 78.9 Å². The van der Waals surface area contributed by atoms with Crippen LogP contribution >= 0.6 is 0 Å². The SMILES string of the molecule is O=C1COc2ccc(C3(O)c4ccccc4C(=O)N3Cc3ccccc3C(F)(F)F)cc2N1. The molecule has 0 aliphatic carbocycles. The van der Waals surface area contributed by atoms with E-state index in [9.17, 15) is 27.9 Å². The molecule has 1 atom stereocenters. The quantitative estimate of drug-likeness (QED) is 0.630.